The van der Waals surface area contributed by atoms with Crippen molar-refractivity contribution >= 4 is 0 Å². The first-order chi connectivity index (χ1) is 5.77. The van der Waals surface area contributed by atoms with Crippen LogP contribution >= 0.6 is 0 Å². The predicted molar refractivity (Wildman–Crippen MR) is 46.4 cm³/mol. The summed E-state index contributed by atoms with van der Waals surface area (Å²) in [6, 6.07) is 6.05. The minimum absolute atomic E-state index is 0.00906. The Labute approximate surface area is 71.2 Å². The summed E-state index contributed by atoms with van der Waals surface area (Å²) in [5.74, 6) is -0.356. The van der Waals surface area contributed by atoms with E-state index in [-0.39, 0.29) is 18.3 Å². The third-order valence-electron chi connectivity index (χ3n) is 1.78. The summed E-state index contributed by atoms with van der Waals surface area (Å²) in [6.45, 7) is 3.59. The van der Waals surface area contributed by atoms with Gasteiger partial charge >= 0.3 is 0 Å². The van der Waals surface area contributed by atoms with E-state index in [0.717, 1.165) is 5.56 Å². The first kappa shape index (κ1) is 8.94. The first-order valence-electron chi connectivity index (χ1n) is 3.77. The first-order valence-corrected chi connectivity index (χ1v) is 3.77. The maximum atomic E-state index is 12.5. The Morgan fingerprint density at radius 1 is 1.42 bits per heavy atom. The molecule has 0 aromatic heterocycles. The van der Waals surface area contributed by atoms with Gasteiger partial charge in [-0.05, 0) is 17.7 Å². The summed E-state index contributed by atoms with van der Waals surface area (Å²) in [5.41, 5.74) is 0.883. The Morgan fingerprint density at radius 3 is 2.42 bits per heavy atom. The molecule has 0 bridgehead atoms. The van der Waals surface area contributed by atoms with Crippen LogP contribution in [0.2, 0.25) is 0 Å². The van der Waals surface area contributed by atoms with Crippen molar-refractivity contribution in [1.29, 1.82) is 0 Å². The van der Waals surface area contributed by atoms with Crippen LogP contribution in [0.1, 0.15) is 11.5 Å². The number of aliphatic hydroxyl groups excluding tert-OH is 1. The van der Waals surface area contributed by atoms with Crippen molar-refractivity contribution in [2.24, 2.45) is 0 Å². The summed E-state index contributed by atoms with van der Waals surface area (Å²) < 4.78 is 12.5. The molecule has 0 amide bonds. The van der Waals surface area contributed by atoms with Gasteiger partial charge in [0.15, 0.2) is 0 Å². The molecule has 1 N–H and O–H groups in total. The fourth-order valence-electron chi connectivity index (χ4n) is 1.03. The predicted octanol–water partition coefficient (Wildman–Crippen LogP) is 2.09. The Bertz CT molecular complexity index is 253. The summed E-state index contributed by atoms with van der Waals surface area (Å²) >= 11 is 0. The van der Waals surface area contributed by atoms with Crippen LogP contribution in [0, 0.1) is 5.82 Å². The highest BCUT2D eigenvalue weighted by Gasteiger charge is 2.04. The molecule has 2 heteroatoms. The van der Waals surface area contributed by atoms with Crippen LogP contribution in [-0.2, 0) is 0 Å². The molecule has 0 heterocycles. The molecule has 1 aromatic carbocycles. The minimum Gasteiger partial charge on any atom is -0.395 e. The van der Waals surface area contributed by atoms with E-state index in [1.54, 1.807) is 18.2 Å². The van der Waals surface area contributed by atoms with Crippen molar-refractivity contribution in [3.8, 4) is 0 Å². The topological polar surface area (TPSA) is 20.2 Å². The molecular weight excluding hydrogens is 155 g/mol. The van der Waals surface area contributed by atoms with Crippen molar-refractivity contribution in [2.75, 3.05) is 6.61 Å². The second-order valence-corrected chi connectivity index (χ2v) is 2.58. The van der Waals surface area contributed by atoms with Crippen LogP contribution in [-0.4, -0.2) is 11.7 Å². The van der Waals surface area contributed by atoms with Crippen molar-refractivity contribution in [1.82, 2.24) is 0 Å². The van der Waals surface area contributed by atoms with Crippen LogP contribution in [0.3, 0.4) is 0 Å². The van der Waals surface area contributed by atoms with Gasteiger partial charge < -0.3 is 5.11 Å². The van der Waals surface area contributed by atoms with Crippen LogP contribution < -0.4 is 0 Å². The lowest BCUT2D eigenvalue weighted by Crippen LogP contribution is -1.99. The van der Waals surface area contributed by atoms with Gasteiger partial charge in [-0.2, -0.15) is 0 Å². The smallest absolute Gasteiger partial charge is 0.123 e. The molecule has 0 fully saturated rings. The average molecular weight is 166 g/mol. The Kier molecular flexibility index (Phi) is 3.00. The number of hydrogen-bond donors (Lipinski definition) is 1. The van der Waals surface area contributed by atoms with E-state index in [1.165, 1.54) is 12.1 Å². The van der Waals surface area contributed by atoms with Gasteiger partial charge in [-0.15, -0.1) is 6.58 Å². The van der Waals surface area contributed by atoms with E-state index >= 15 is 0 Å². The molecule has 1 nitrogen and oxygen atoms in total. The monoisotopic (exact) mass is 166 g/mol. The lowest BCUT2D eigenvalue weighted by Gasteiger charge is -2.08. The fourth-order valence-corrected chi connectivity index (χ4v) is 1.03. The van der Waals surface area contributed by atoms with E-state index in [0.29, 0.717) is 0 Å². The molecule has 0 spiro atoms. The molecule has 0 aliphatic carbocycles. The van der Waals surface area contributed by atoms with E-state index < -0.39 is 0 Å². The number of halogens is 1. The Morgan fingerprint density at radius 2 is 2.00 bits per heavy atom. The van der Waals surface area contributed by atoms with Crippen LogP contribution in [0.5, 0.6) is 0 Å². The highest BCUT2D eigenvalue weighted by molar-refractivity contribution is 5.23. The zero-order chi connectivity index (χ0) is 8.97. The zero-order valence-corrected chi connectivity index (χ0v) is 6.70. The van der Waals surface area contributed by atoms with E-state index in [4.69, 9.17) is 5.11 Å². The molecule has 1 unspecified atom stereocenters. The second-order valence-electron chi connectivity index (χ2n) is 2.58. The summed E-state index contributed by atoms with van der Waals surface area (Å²) in [5, 5.41) is 8.88. The second kappa shape index (κ2) is 4.02. The number of aliphatic hydroxyl groups is 1. The Balaban J connectivity index is 2.87. The summed E-state index contributed by atoms with van der Waals surface area (Å²) in [6.07, 6.45) is 1.65. The van der Waals surface area contributed by atoms with E-state index in [2.05, 4.69) is 6.58 Å². The van der Waals surface area contributed by atoms with Gasteiger partial charge in [0.1, 0.15) is 5.82 Å². The average Bonchev–Trinajstić information content (AvgIpc) is 2.10. The largest absolute Gasteiger partial charge is 0.395 e. The highest BCUT2D eigenvalue weighted by atomic mass is 19.1. The summed E-state index contributed by atoms with van der Waals surface area (Å²) in [4.78, 5) is 0. The van der Waals surface area contributed by atoms with Crippen molar-refractivity contribution < 1.29 is 9.50 Å². The summed E-state index contributed by atoms with van der Waals surface area (Å²) in [7, 11) is 0. The van der Waals surface area contributed by atoms with E-state index in [9.17, 15) is 4.39 Å². The van der Waals surface area contributed by atoms with Gasteiger partial charge in [0.05, 0.1) is 6.61 Å². The highest BCUT2D eigenvalue weighted by Crippen LogP contribution is 2.15. The molecule has 0 aliphatic rings. The molecule has 1 rings (SSSR count). The number of benzene rings is 1. The van der Waals surface area contributed by atoms with E-state index in [1.807, 2.05) is 0 Å². The number of hydrogen-bond acceptors (Lipinski definition) is 1. The van der Waals surface area contributed by atoms with Gasteiger partial charge in [-0.3, -0.25) is 0 Å². The SMILES string of the molecule is C=CC(CO)c1ccc(F)cc1. The molecule has 1 atom stereocenters. The van der Waals surface area contributed by atoms with Gasteiger partial charge in [0, 0.05) is 5.92 Å². The standard InChI is InChI=1S/C10H11FO/c1-2-8(7-12)9-3-5-10(11)6-4-9/h2-6,8,12H,1,7H2. The van der Waals surface area contributed by atoms with Gasteiger partial charge in [0.2, 0.25) is 0 Å². The lowest BCUT2D eigenvalue weighted by molar-refractivity contribution is 0.283. The molecular formula is C10H11FO. The molecule has 0 saturated carbocycles. The molecule has 0 saturated heterocycles. The maximum absolute atomic E-state index is 12.5. The molecule has 1 aromatic rings. The molecule has 12 heavy (non-hydrogen) atoms. The molecule has 64 valence electrons. The van der Waals surface area contributed by atoms with Crippen LogP contribution in [0.15, 0.2) is 36.9 Å². The van der Waals surface area contributed by atoms with Crippen molar-refractivity contribution in [3.63, 3.8) is 0 Å². The van der Waals surface area contributed by atoms with Gasteiger partial charge in [0.25, 0.3) is 0 Å². The molecule has 0 radical (unpaired) electrons. The van der Waals surface area contributed by atoms with Crippen molar-refractivity contribution in [3.05, 3.63) is 48.3 Å². The third-order valence-corrected chi connectivity index (χ3v) is 1.78. The Hall–Kier alpha value is -1.15. The van der Waals surface area contributed by atoms with Gasteiger partial charge in [-0.25, -0.2) is 4.39 Å². The minimum atomic E-state index is -0.264. The fraction of sp³-hybridized carbons (Fsp3) is 0.200. The lowest BCUT2D eigenvalue weighted by atomic mass is 10.0. The third kappa shape index (κ3) is 1.92. The molecule has 0 aliphatic heterocycles. The maximum Gasteiger partial charge on any atom is 0.123 e. The zero-order valence-electron chi connectivity index (χ0n) is 6.70. The van der Waals surface area contributed by atoms with Crippen LogP contribution in [0.4, 0.5) is 4.39 Å². The number of rotatable bonds is 3. The quantitative estimate of drug-likeness (QED) is 0.681. The van der Waals surface area contributed by atoms with Gasteiger partial charge in [-0.1, -0.05) is 18.2 Å². The van der Waals surface area contributed by atoms with Crippen LogP contribution in [0.25, 0.3) is 0 Å². The normalized spacial score (nSPS) is 12.5. The van der Waals surface area contributed by atoms with Crippen molar-refractivity contribution in [2.45, 2.75) is 5.92 Å².